The highest BCUT2D eigenvalue weighted by Gasteiger charge is 1.99. The molecule has 0 saturated carbocycles. The Hall–Kier alpha value is -0.930. The van der Waals surface area contributed by atoms with Crippen molar-refractivity contribution < 1.29 is 4.79 Å². The molecule has 1 nitrogen and oxygen atoms in total. The Morgan fingerprint density at radius 1 is 1.13 bits per heavy atom. The monoisotopic (exact) mass is 280 g/mol. The average Bonchev–Trinajstić information content (AvgIpc) is 2.65. The van der Waals surface area contributed by atoms with E-state index in [9.17, 15) is 4.79 Å². The van der Waals surface area contributed by atoms with Crippen LogP contribution in [0.25, 0.3) is 0 Å². The van der Waals surface area contributed by atoms with Crippen LogP contribution in [0.4, 0.5) is 0 Å². The van der Waals surface area contributed by atoms with Crippen LogP contribution in [0, 0.1) is 0 Å². The summed E-state index contributed by atoms with van der Waals surface area (Å²) < 4.78 is 1.15. The highest BCUT2D eigenvalue weighted by Crippen LogP contribution is 2.24. The van der Waals surface area contributed by atoms with Gasteiger partial charge >= 0.3 is 0 Å². The number of halogens is 1. The van der Waals surface area contributed by atoms with Crippen LogP contribution >= 0.6 is 27.3 Å². The first-order chi connectivity index (χ1) is 7.28. The van der Waals surface area contributed by atoms with Crippen molar-refractivity contribution in [1.82, 2.24) is 0 Å². The molecule has 0 saturated heterocycles. The van der Waals surface area contributed by atoms with E-state index >= 15 is 0 Å². The Balaban J connectivity index is 2.14. The van der Waals surface area contributed by atoms with Crippen molar-refractivity contribution in [2.24, 2.45) is 0 Å². The van der Waals surface area contributed by atoms with Crippen LogP contribution in [0.1, 0.15) is 20.8 Å². The molecular formula is C12H9BrOS. The molecule has 1 aromatic heterocycles. The molecule has 76 valence electrons. The van der Waals surface area contributed by atoms with Crippen LogP contribution in [0.3, 0.4) is 0 Å². The summed E-state index contributed by atoms with van der Waals surface area (Å²) in [6.45, 7) is 0. The third-order valence-electron chi connectivity index (χ3n) is 2.12. The van der Waals surface area contributed by atoms with Gasteiger partial charge in [-0.15, -0.1) is 11.3 Å². The number of hydrogen-bond donors (Lipinski definition) is 0. The van der Waals surface area contributed by atoms with E-state index in [0.717, 1.165) is 22.1 Å². The van der Waals surface area contributed by atoms with Crippen molar-refractivity contribution in [1.29, 1.82) is 0 Å². The molecule has 0 amide bonds. The lowest BCUT2D eigenvalue weighted by molar-refractivity contribution is 0.112. The van der Waals surface area contributed by atoms with Gasteiger partial charge in [0.2, 0.25) is 0 Å². The van der Waals surface area contributed by atoms with Crippen molar-refractivity contribution in [2.45, 2.75) is 6.42 Å². The third kappa shape index (κ3) is 2.76. The van der Waals surface area contributed by atoms with Gasteiger partial charge in [0.15, 0.2) is 0 Å². The molecule has 3 heteroatoms. The van der Waals surface area contributed by atoms with Gasteiger partial charge in [-0.05, 0) is 33.6 Å². The first kappa shape index (κ1) is 10.6. The number of hydrogen-bond acceptors (Lipinski definition) is 2. The number of carbonyl (C=O) groups is 1. The van der Waals surface area contributed by atoms with E-state index in [4.69, 9.17) is 0 Å². The lowest BCUT2D eigenvalue weighted by Crippen LogP contribution is -1.85. The predicted molar refractivity (Wildman–Crippen MR) is 66.7 cm³/mol. The summed E-state index contributed by atoms with van der Waals surface area (Å²) in [7, 11) is 0. The largest absolute Gasteiger partial charge is 0.298 e. The molecule has 0 unspecified atom stereocenters. The second kappa shape index (κ2) is 4.73. The molecule has 0 spiro atoms. The molecule has 0 radical (unpaired) electrons. The van der Waals surface area contributed by atoms with Gasteiger partial charge in [-0.3, -0.25) is 4.79 Å². The molecule has 0 N–H and O–H groups in total. The van der Waals surface area contributed by atoms with E-state index in [2.05, 4.69) is 28.1 Å². The van der Waals surface area contributed by atoms with Crippen molar-refractivity contribution in [3.63, 3.8) is 0 Å². The summed E-state index contributed by atoms with van der Waals surface area (Å²) in [6, 6.07) is 11.9. The zero-order chi connectivity index (χ0) is 10.7. The second-order valence-electron chi connectivity index (χ2n) is 3.24. The minimum Gasteiger partial charge on any atom is -0.298 e. The number of benzene rings is 1. The Labute approximate surface area is 101 Å². The number of aldehydes is 1. The van der Waals surface area contributed by atoms with Crippen LogP contribution in [0.2, 0.25) is 0 Å². The van der Waals surface area contributed by atoms with Crippen LogP contribution in [-0.2, 0) is 6.42 Å². The van der Waals surface area contributed by atoms with Crippen LogP contribution in [-0.4, -0.2) is 6.29 Å². The van der Waals surface area contributed by atoms with Gasteiger partial charge in [0.05, 0.1) is 3.79 Å². The smallest absolute Gasteiger partial charge is 0.150 e. The lowest BCUT2D eigenvalue weighted by Gasteiger charge is -1.98. The average molecular weight is 281 g/mol. The summed E-state index contributed by atoms with van der Waals surface area (Å²) in [4.78, 5) is 11.8. The first-order valence-corrected chi connectivity index (χ1v) is 6.17. The molecule has 0 aliphatic heterocycles. The number of thiophene rings is 1. The van der Waals surface area contributed by atoms with E-state index < -0.39 is 0 Å². The molecule has 0 bridgehead atoms. The lowest BCUT2D eigenvalue weighted by atomic mass is 10.1. The SMILES string of the molecule is O=Cc1ccc(Cc2ccc(Br)s2)cc1. The highest BCUT2D eigenvalue weighted by molar-refractivity contribution is 9.11. The predicted octanol–water partition coefficient (Wildman–Crippen LogP) is 3.91. The second-order valence-corrected chi connectivity index (χ2v) is 5.79. The Bertz CT molecular complexity index is 459. The zero-order valence-electron chi connectivity index (χ0n) is 7.94. The van der Waals surface area contributed by atoms with Gasteiger partial charge in [-0.2, -0.15) is 0 Å². The van der Waals surface area contributed by atoms with Gasteiger partial charge in [0.1, 0.15) is 6.29 Å². The standard InChI is InChI=1S/C12H9BrOS/c13-12-6-5-11(15-12)7-9-1-3-10(8-14)4-2-9/h1-6,8H,7H2. The summed E-state index contributed by atoms with van der Waals surface area (Å²) in [5, 5.41) is 0. The van der Waals surface area contributed by atoms with Crippen LogP contribution < -0.4 is 0 Å². The van der Waals surface area contributed by atoms with Crippen molar-refractivity contribution in [3.8, 4) is 0 Å². The first-order valence-electron chi connectivity index (χ1n) is 4.56. The van der Waals surface area contributed by atoms with Gasteiger partial charge in [-0.25, -0.2) is 0 Å². The van der Waals surface area contributed by atoms with Gasteiger partial charge < -0.3 is 0 Å². The van der Waals surface area contributed by atoms with Crippen LogP contribution in [0.15, 0.2) is 40.2 Å². The van der Waals surface area contributed by atoms with Gasteiger partial charge in [0.25, 0.3) is 0 Å². The molecule has 1 heterocycles. The minimum atomic E-state index is 0.728. The summed E-state index contributed by atoms with van der Waals surface area (Å²) >= 11 is 5.18. The van der Waals surface area contributed by atoms with Gasteiger partial charge in [0, 0.05) is 16.9 Å². The number of carbonyl (C=O) groups excluding carboxylic acids is 1. The molecule has 1 aromatic carbocycles. The Morgan fingerprint density at radius 2 is 1.87 bits per heavy atom. The Morgan fingerprint density at radius 3 is 2.40 bits per heavy atom. The van der Waals surface area contributed by atoms with Gasteiger partial charge in [-0.1, -0.05) is 24.3 Å². The van der Waals surface area contributed by atoms with Crippen LogP contribution in [0.5, 0.6) is 0 Å². The Kier molecular flexibility index (Phi) is 3.34. The summed E-state index contributed by atoms with van der Waals surface area (Å²) in [5.41, 5.74) is 1.96. The fourth-order valence-electron chi connectivity index (χ4n) is 1.36. The normalized spacial score (nSPS) is 10.2. The zero-order valence-corrected chi connectivity index (χ0v) is 10.3. The maximum Gasteiger partial charge on any atom is 0.150 e. The van der Waals surface area contributed by atoms with E-state index in [1.54, 1.807) is 11.3 Å². The molecule has 15 heavy (non-hydrogen) atoms. The fourth-order valence-corrected chi connectivity index (χ4v) is 2.88. The molecule has 2 rings (SSSR count). The maximum atomic E-state index is 10.5. The maximum absolute atomic E-state index is 10.5. The van der Waals surface area contributed by atoms with Crippen molar-refractivity contribution in [3.05, 3.63) is 56.2 Å². The van der Waals surface area contributed by atoms with Crippen molar-refractivity contribution >= 4 is 33.6 Å². The minimum absolute atomic E-state index is 0.728. The van der Waals surface area contributed by atoms with Crippen molar-refractivity contribution in [2.75, 3.05) is 0 Å². The fraction of sp³-hybridized carbons (Fsp3) is 0.0833. The van der Waals surface area contributed by atoms with E-state index in [-0.39, 0.29) is 0 Å². The van der Waals surface area contributed by atoms with E-state index in [0.29, 0.717) is 0 Å². The summed E-state index contributed by atoms with van der Waals surface area (Å²) in [5.74, 6) is 0. The molecule has 0 atom stereocenters. The molecule has 2 aromatic rings. The van der Waals surface area contributed by atoms with E-state index in [1.165, 1.54) is 10.4 Å². The topological polar surface area (TPSA) is 17.1 Å². The molecular weight excluding hydrogens is 272 g/mol. The quantitative estimate of drug-likeness (QED) is 0.779. The molecule has 0 aliphatic carbocycles. The molecule has 0 fully saturated rings. The van der Waals surface area contributed by atoms with E-state index in [1.807, 2.05) is 24.3 Å². The molecule has 0 aliphatic rings. The summed E-state index contributed by atoms with van der Waals surface area (Å²) in [6.07, 6.45) is 1.79. The third-order valence-corrected chi connectivity index (χ3v) is 3.75. The number of rotatable bonds is 3. The highest BCUT2D eigenvalue weighted by atomic mass is 79.9.